The number of pyridine rings is 2. The summed E-state index contributed by atoms with van der Waals surface area (Å²) in [4.78, 5) is 8.02. The van der Waals surface area contributed by atoms with Crippen molar-refractivity contribution < 1.29 is 4.39 Å². The molecule has 15 heavy (non-hydrogen) atoms. The molecule has 0 amide bonds. The molecule has 2 heterocycles. The molecule has 0 aliphatic heterocycles. The van der Waals surface area contributed by atoms with Crippen LogP contribution >= 0.6 is 0 Å². The summed E-state index contributed by atoms with van der Waals surface area (Å²) in [7, 11) is 0. The molecule has 0 atom stereocenters. The number of fused-ring (bicyclic) bond motifs is 3. The van der Waals surface area contributed by atoms with Crippen LogP contribution in [-0.4, -0.2) is 9.97 Å². The predicted octanol–water partition coefficient (Wildman–Crippen LogP) is 2.92. The van der Waals surface area contributed by atoms with E-state index in [-0.39, 0.29) is 0 Å². The Hall–Kier alpha value is -2.03. The monoisotopic (exact) mass is 198 g/mol. The fraction of sp³-hybridized carbons (Fsp3) is 0. The highest BCUT2D eigenvalue weighted by atomic mass is 19.1. The summed E-state index contributed by atoms with van der Waals surface area (Å²) in [6.45, 7) is 0. The molecule has 3 rings (SSSR count). The summed E-state index contributed by atoms with van der Waals surface area (Å²) < 4.78 is 12.9. The molecule has 0 spiro atoms. The Kier molecular flexibility index (Phi) is 1.65. The lowest BCUT2D eigenvalue weighted by Gasteiger charge is -2.01. The Morgan fingerprint density at radius 1 is 0.867 bits per heavy atom. The van der Waals surface area contributed by atoms with Crippen LogP contribution in [0.4, 0.5) is 4.39 Å². The molecule has 0 saturated heterocycles. The molecule has 0 radical (unpaired) electrons. The van der Waals surface area contributed by atoms with Gasteiger partial charge in [0.2, 0.25) is 5.95 Å². The summed E-state index contributed by atoms with van der Waals surface area (Å²) >= 11 is 0. The normalized spacial score (nSPS) is 11.0. The lowest BCUT2D eigenvalue weighted by Crippen LogP contribution is -1.87. The van der Waals surface area contributed by atoms with Crippen LogP contribution in [-0.2, 0) is 0 Å². The number of para-hydroxylation sites is 1. The van der Waals surface area contributed by atoms with E-state index in [9.17, 15) is 4.39 Å². The van der Waals surface area contributed by atoms with Crippen molar-refractivity contribution in [3.63, 3.8) is 0 Å². The smallest absolute Gasteiger partial charge is 0.213 e. The largest absolute Gasteiger partial charge is 0.254 e. The molecular formula is C12H7FN2. The molecule has 2 nitrogen and oxygen atoms in total. The van der Waals surface area contributed by atoms with Crippen LogP contribution in [0.2, 0.25) is 0 Å². The molecule has 0 aliphatic carbocycles. The maximum atomic E-state index is 12.9. The molecule has 1 aromatic carbocycles. The third kappa shape index (κ3) is 1.24. The van der Waals surface area contributed by atoms with Gasteiger partial charge in [-0.25, -0.2) is 4.98 Å². The second-order valence-corrected chi connectivity index (χ2v) is 3.34. The van der Waals surface area contributed by atoms with Crippen LogP contribution in [0.5, 0.6) is 0 Å². The Morgan fingerprint density at radius 3 is 2.60 bits per heavy atom. The minimum Gasteiger partial charge on any atom is -0.254 e. The first-order valence-corrected chi connectivity index (χ1v) is 4.64. The summed E-state index contributed by atoms with van der Waals surface area (Å²) in [5, 5.41) is 1.93. The average Bonchev–Trinajstić information content (AvgIpc) is 2.28. The van der Waals surface area contributed by atoms with E-state index in [0.717, 1.165) is 16.3 Å². The van der Waals surface area contributed by atoms with Gasteiger partial charge in [-0.15, -0.1) is 0 Å². The van der Waals surface area contributed by atoms with E-state index in [1.165, 1.54) is 6.07 Å². The molecule has 3 heteroatoms. The molecule has 0 saturated carbocycles. The van der Waals surface area contributed by atoms with Gasteiger partial charge >= 0.3 is 0 Å². The van der Waals surface area contributed by atoms with Gasteiger partial charge in [0.05, 0.1) is 17.2 Å². The first-order valence-electron chi connectivity index (χ1n) is 4.64. The molecule has 0 aliphatic rings. The van der Waals surface area contributed by atoms with Crippen molar-refractivity contribution in [3.8, 4) is 0 Å². The SMILES string of the molecule is Fc1ccc2c(cnc3ccccc32)n1. The third-order valence-electron chi connectivity index (χ3n) is 2.41. The first-order chi connectivity index (χ1) is 7.34. The summed E-state index contributed by atoms with van der Waals surface area (Å²) in [6, 6.07) is 10.9. The molecule has 3 aromatic rings. The first kappa shape index (κ1) is 8.29. The zero-order chi connectivity index (χ0) is 10.3. The predicted molar refractivity (Wildman–Crippen MR) is 57.0 cm³/mol. The standard InChI is InChI=1S/C12H7FN2/c13-12-6-5-9-8-3-1-2-4-10(8)14-7-11(9)15-12/h1-7H. The molecule has 2 aromatic heterocycles. The van der Waals surface area contributed by atoms with Crippen molar-refractivity contribution in [3.05, 3.63) is 48.5 Å². The molecule has 0 fully saturated rings. The van der Waals surface area contributed by atoms with Gasteiger partial charge in [-0.1, -0.05) is 18.2 Å². The summed E-state index contributed by atoms with van der Waals surface area (Å²) in [6.07, 6.45) is 1.60. The molecule has 0 bridgehead atoms. The Balaban J connectivity index is 2.55. The molecular weight excluding hydrogens is 191 g/mol. The van der Waals surface area contributed by atoms with E-state index in [4.69, 9.17) is 0 Å². The van der Waals surface area contributed by atoms with Crippen molar-refractivity contribution in [2.45, 2.75) is 0 Å². The van der Waals surface area contributed by atoms with Crippen LogP contribution < -0.4 is 0 Å². The number of hydrogen-bond acceptors (Lipinski definition) is 2. The van der Waals surface area contributed by atoms with Gasteiger partial charge in [-0.05, 0) is 18.2 Å². The lowest BCUT2D eigenvalue weighted by molar-refractivity contribution is 0.589. The molecule has 0 N–H and O–H groups in total. The number of rotatable bonds is 0. The van der Waals surface area contributed by atoms with E-state index in [1.807, 2.05) is 24.3 Å². The Morgan fingerprint density at radius 2 is 1.67 bits per heavy atom. The van der Waals surface area contributed by atoms with E-state index >= 15 is 0 Å². The maximum absolute atomic E-state index is 12.9. The van der Waals surface area contributed by atoms with Gasteiger partial charge in [0, 0.05) is 10.8 Å². The second-order valence-electron chi connectivity index (χ2n) is 3.34. The van der Waals surface area contributed by atoms with E-state index in [2.05, 4.69) is 9.97 Å². The highest BCUT2D eigenvalue weighted by Crippen LogP contribution is 2.21. The topological polar surface area (TPSA) is 25.8 Å². The fourth-order valence-corrected chi connectivity index (χ4v) is 1.72. The van der Waals surface area contributed by atoms with Crippen LogP contribution in [0.3, 0.4) is 0 Å². The Labute approximate surface area is 85.4 Å². The number of hydrogen-bond donors (Lipinski definition) is 0. The van der Waals surface area contributed by atoms with Crippen LogP contribution in [0.25, 0.3) is 21.8 Å². The van der Waals surface area contributed by atoms with Crippen molar-refractivity contribution >= 4 is 21.8 Å². The van der Waals surface area contributed by atoms with Crippen molar-refractivity contribution in [2.75, 3.05) is 0 Å². The summed E-state index contributed by atoms with van der Waals surface area (Å²) in [5.41, 5.74) is 1.49. The minimum atomic E-state index is -0.473. The van der Waals surface area contributed by atoms with Crippen molar-refractivity contribution in [1.82, 2.24) is 9.97 Å². The molecule has 0 unspecified atom stereocenters. The van der Waals surface area contributed by atoms with Crippen LogP contribution in [0.1, 0.15) is 0 Å². The zero-order valence-corrected chi connectivity index (χ0v) is 7.81. The van der Waals surface area contributed by atoms with Gasteiger partial charge < -0.3 is 0 Å². The third-order valence-corrected chi connectivity index (χ3v) is 2.41. The van der Waals surface area contributed by atoms with Gasteiger partial charge in [0.15, 0.2) is 0 Å². The van der Waals surface area contributed by atoms with Crippen molar-refractivity contribution in [1.29, 1.82) is 0 Å². The van der Waals surface area contributed by atoms with E-state index < -0.39 is 5.95 Å². The highest BCUT2D eigenvalue weighted by molar-refractivity contribution is 6.03. The van der Waals surface area contributed by atoms with Crippen molar-refractivity contribution in [2.24, 2.45) is 0 Å². The highest BCUT2D eigenvalue weighted by Gasteiger charge is 2.02. The zero-order valence-electron chi connectivity index (χ0n) is 7.81. The van der Waals surface area contributed by atoms with Crippen LogP contribution in [0.15, 0.2) is 42.6 Å². The fourth-order valence-electron chi connectivity index (χ4n) is 1.72. The number of aromatic nitrogens is 2. The summed E-state index contributed by atoms with van der Waals surface area (Å²) in [5.74, 6) is -0.473. The maximum Gasteiger partial charge on any atom is 0.213 e. The van der Waals surface area contributed by atoms with Gasteiger partial charge in [-0.3, -0.25) is 4.98 Å². The minimum absolute atomic E-state index is 0.473. The van der Waals surface area contributed by atoms with Gasteiger partial charge in [0.1, 0.15) is 0 Å². The Bertz CT molecular complexity index is 649. The van der Waals surface area contributed by atoms with Gasteiger partial charge in [-0.2, -0.15) is 4.39 Å². The van der Waals surface area contributed by atoms with Crippen LogP contribution in [0, 0.1) is 5.95 Å². The second kappa shape index (κ2) is 2.98. The number of benzene rings is 1. The lowest BCUT2D eigenvalue weighted by atomic mass is 10.1. The average molecular weight is 198 g/mol. The number of halogens is 1. The van der Waals surface area contributed by atoms with E-state index in [1.54, 1.807) is 12.3 Å². The quantitative estimate of drug-likeness (QED) is 0.410. The van der Waals surface area contributed by atoms with E-state index in [0.29, 0.717) is 5.52 Å². The number of nitrogens with zero attached hydrogens (tertiary/aromatic N) is 2. The molecule has 72 valence electrons. The van der Waals surface area contributed by atoms with Gasteiger partial charge in [0.25, 0.3) is 0 Å².